The van der Waals surface area contributed by atoms with Crippen LogP contribution in [-0.4, -0.2) is 50.7 Å². The number of aliphatic hydroxyl groups excluding tert-OH is 1. The third-order valence-corrected chi connectivity index (χ3v) is 5.19. The summed E-state index contributed by atoms with van der Waals surface area (Å²) in [5, 5.41) is 12.2. The number of benzene rings is 1. The third kappa shape index (κ3) is 6.58. The highest BCUT2D eigenvalue weighted by Crippen LogP contribution is 2.25. The summed E-state index contributed by atoms with van der Waals surface area (Å²) in [7, 11) is -4.21. The van der Waals surface area contributed by atoms with E-state index >= 15 is 0 Å². The van der Waals surface area contributed by atoms with E-state index in [0.29, 0.717) is 0 Å². The summed E-state index contributed by atoms with van der Waals surface area (Å²) < 4.78 is 31.5. The monoisotopic (exact) mass is 424 g/mol. The molecule has 1 rings (SSSR count). The summed E-state index contributed by atoms with van der Waals surface area (Å²) >= 11 is 11.5. The highest BCUT2D eigenvalue weighted by molar-refractivity contribution is 7.89. The molecule has 0 bridgehead atoms. The van der Waals surface area contributed by atoms with E-state index in [9.17, 15) is 23.1 Å². The molecule has 11 heteroatoms. The maximum Gasteiger partial charge on any atom is 0.327 e. The molecule has 0 spiro atoms. The van der Waals surface area contributed by atoms with Gasteiger partial charge in [-0.25, -0.2) is 8.42 Å². The minimum atomic E-state index is -4.21. The lowest BCUT2D eigenvalue weighted by atomic mass is 10.2. The van der Waals surface area contributed by atoms with Crippen LogP contribution in [0.4, 0.5) is 0 Å². The second kappa shape index (κ2) is 9.89. The van der Waals surface area contributed by atoms with Crippen molar-refractivity contribution < 1.29 is 27.9 Å². The van der Waals surface area contributed by atoms with E-state index in [1.807, 2.05) is 4.72 Å². The van der Waals surface area contributed by atoms with Gasteiger partial charge in [0.05, 0.1) is 21.0 Å². The number of aliphatic hydroxyl groups is 1. The van der Waals surface area contributed by atoms with E-state index in [0.717, 1.165) is 6.07 Å². The standard InChI is InChI=1S/C15H18Cl2N2O6S/c1-3-6-18-13(21)8-25-15(22)14(9(2)20)19-26(23,24)10-4-5-11(16)12(17)7-10/h3-5,7,9,14,19-20H,1,6,8H2,2H3,(H,18,21). The molecule has 0 aliphatic heterocycles. The number of ether oxygens (including phenoxy) is 1. The zero-order valence-corrected chi connectivity index (χ0v) is 16.1. The average molecular weight is 425 g/mol. The number of hydrogen-bond donors (Lipinski definition) is 3. The van der Waals surface area contributed by atoms with Crippen LogP contribution in [0.25, 0.3) is 0 Å². The zero-order valence-electron chi connectivity index (χ0n) is 13.7. The van der Waals surface area contributed by atoms with Crippen molar-refractivity contribution in [3.63, 3.8) is 0 Å². The number of amides is 1. The van der Waals surface area contributed by atoms with E-state index in [-0.39, 0.29) is 21.5 Å². The Labute approximate surface area is 161 Å². The van der Waals surface area contributed by atoms with Crippen LogP contribution in [0.5, 0.6) is 0 Å². The fourth-order valence-corrected chi connectivity index (χ4v) is 3.33. The Balaban J connectivity index is 2.86. The molecular formula is C15H18Cl2N2O6S. The van der Waals surface area contributed by atoms with E-state index in [4.69, 9.17) is 27.9 Å². The Morgan fingerprint density at radius 1 is 1.35 bits per heavy atom. The van der Waals surface area contributed by atoms with Gasteiger partial charge in [-0.3, -0.25) is 9.59 Å². The molecule has 0 saturated carbocycles. The van der Waals surface area contributed by atoms with Crippen molar-refractivity contribution in [3.8, 4) is 0 Å². The Kier molecular flexibility index (Phi) is 8.51. The van der Waals surface area contributed by atoms with Crippen LogP contribution in [0.15, 0.2) is 35.7 Å². The lowest BCUT2D eigenvalue weighted by Crippen LogP contribution is -2.49. The van der Waals surface area contributed by atoms with Crippen molar-refractivity contribution in [3.05, 3.63) is 40.9 Å². The van der Waals surface area contributed by atoms with Crippen LogP contribution in [-0.2, 0) is 24.3 Å². The molecule has 144 valence electrons. The molecule has 1 aromatic rings. The molecule has 0 aliphatic carbocycles. The van der Waals surface area contributed by atoms with E-state index in [1.54, 1.807) is 0 Å². The molecule has 0 aliphatic rings. The molecular weight excluding hydrogens is 407 g/mol. The number of carbonyl (C=O) groups is 2. The van der Waals surface area contributed by atoms with Gasteiger partial charge in [0.1, 0.15) is 6.04 Å². The second-order valence-electron chi connectivity index (χ2n) is 5.12. The molecule has 1 amide bonds. The maximum atomic E-state index is 12.4. The normalized spacial score (nSPS) is 13.5. The number of nitrogens with one attached hydrogen (secondary N) is 2. The first-order valence-corrected chi connectivity index (χ1v) is 9.52. The molecule has 2 unspecified atom stereocenters. The molecule has 2 atom stereocenters. The van der Waals surface area contributed by atoms with E-state index in [1.165, 1.54) is 25.1 Å². The molecule has 26 heavy (non-hydrogen) atoms. The first-order valence-electron chi connectivity index (χ1n) is 7.28. The van der Waals surface area contributed by atoms with Crippen LogP contribution < -0.4 is 10.0 Å². The molecule has 0 aromatic heterocycles. The highest BCUT2D eigenvalue weighted by Gasteiger charge is 2.31. The van der Waals surface area contributed by atoms with Crippen LogP contribution in [0.2, 0.25) is 10.0 Å². The van der Waals surface area contributed by atoms with Crippen LogP contribution >= 0.6 is 23.2 Å². The Morgan fingerprint density at radius 2 is 2.00 bits per heavy atom. The van der Waals surface area contributed by atoms with Crippen molar-refractivity contribution in [2.24, 2.45) is 0 Å². The summed E-state index contributed by atoms with van der Waals surface area (Å²) in [6, 6.07) is 1.93. The highest BCUT2D eigenvalue weighted by atomic mass is 35.5. The van der Waals surface area contributed by atoms with Crippen LogP contribution in [0.3, 0.4) is 0 Å². The quantitative estimate of drug-likeness (QED) is 0.399. The molecule has 0 fully saturated rings. The van der Waals surface area contributed by atoms with Gasteiger partial charge in [-0.1, -0.05) is 29.3 Å². The van der Waals surface area contributed by atoms with Gasteiger partial charge < -0.3 is 15.2 Å². The minimum absolute atomic E-state index is 0.00426. The van der Waals surface area contributed by atoms with Crippen LogP contribution in [0.1, 0.15) is 6.92 Å². The number of hydrogen-bond acceptors (Lipinski definition) is 6. The lowest BCUT2D eigenvalue weighted by Gasteiger charge is -2.20. The largest absolute Gasteiger partial charge is 0.454 e. The molecule has 1 aromatic carbocycles. The van der Waals surface area contributed by atoms with Crippen molar-refractivity contribution in [2.75, 3.05) is 13.2 Å². The first kappa shape index (κ1) is 22.4. The summed E-state index contributed by atoms with van der Waals surface area (Å²) in [5.41, 5.74) is 0. The number of halogens is 2. The molecule has 0 radical (unpaired) electrons. The van der Waals surface area contributed by atoms with Gasteiger partial charge in [-0.05, 0) is 25.1 Å². The zero-order chi connectivity index (χ0) is 19.9. The average Bonchev–Trinajstić information content (AvgIpc) is 2.57. The van der Waals surface area contributed by atoms with Gasteiger partial charge in [0, 0.05) is 6.54 Å². The minimum Gasteiger partial charge on any atom is -0.454 e. The van der Waals surface area contributed by atoms with E-state index < -0.39 is 40.7 Å². The summed E-state index contributed by atoms with van der Waals surface area (Å²) in [5.74, 6) is -1.72. The van der Waals surface area contributed by atoms with Gasteiger partial charge >= 0.3 is 5.97 Å². The molecule has 0 saturated heterocycles. The molecule has 0 heterocycles. The number of rotatable bonds is 9. The Morgan fingerprint density at radius 3 is 2.54 bits per heavy atom. The summed E-state index contributed by atoms with van der Waals surface area (Å²) in [6.45, 7) is 4.15. The topological polar surface area (TPSA) is 122 Å². The van der Waals surface area contributed by atoms with Gasteiger partial charge in [0.25, 0.3) is 5.91 Å². The first-order chi connectivity index (χ1) is 12.1. The third-order valence-electron chi connectivity index (χ3n) is 3.01. The molecule has 3 N–H and O–H groups in total. The van der Waals surface area contributed by atoms with Crippen molar-refractivity contribution in [1.82, 2.24) is 10.0 Å². The molecule has 8 nitrogen and oxygen atoms in total. The smallest absolute Gasteiger partial charge is 0.327 e. The fourth-order valence-electron chi connectivity index (χ4n) is 1.69. The predicted molar refractivity (Wildman–Crippen MR) is 96.4 cm³/mol. The number of esters is 1. The summed E-state index contributed by atoms with van der Waals surface area (Å²) in [4.78, 5) is 23.2. The van der Waals surface area contributed by atoms with Gasteiger partial charge in [0.15, 0.2) is 6.61 Å². The van der Waals surface area contributed by atoms with Gasteiger partial charge in [-0.2, -0.15) is 4.72 Å². The Hall–Kier alpha value is -1.65. The SMILES string of the molecule is C=CCNC(=O)COC(=O)C(NS(=O)(=O)c1ccc(Cl)c(Cl)c1)C(C)O. The van der Waals surface area contributed by atoms with E-state index in [2.05, 4.69) is 11.9 Å². The van der Waals surface area contributed by atoms with Gasteiger partial charge in [-0.15, -0.1) is 6.58 Å². The maximum absolute atomic E-state index is 12.4. The predicted octanol–water partition coefficient (Wildman–Crippen LogP) is 0.867. The van der Waals surface area contributed by atoms with Gasteiger partial charge in [0.2, 0.25) is 10.0 Å². The lowest BCUT2D eigenvalue weighted by molar-refractivity contribution is -0.152. The van der Waals surface area contributed by atoms with Crippen molar-refractivity contribution >= 4 is 45.1 Å². The second-order valence-corrected chi connectivity index (χ2v) is 7.64. The van der Waals surface area contributed by atoms with Crippen molar-refractivity contribution in [1.29, 1.82) is 0 Å². The Bertz CT molecular complexity index is 782. The number of carbonyl (C=O) groups excluding carboxylic acids is 2. The number of sulfonamides is 1. The van der Waals surface area contributed by atoms with Crippen LogP contribution in [0, 0.1) is 0 Å². The fraction of sp³-hybridized carbons (Fsp3) is 0.333. The summed E-state index contributed by atoms with van der Waals surface area (Å²) in [6.07, 6.45) is 0.0141. The van der Waals surface area contributed by atoms with Crippen molar-refractivity contribution in [2.45, 2.75) is 24.0 Å².